The van der Waals surface area contributed by atoms with Crippen LogP contribution in [0.25, 0.3) is 0 Å². The van der Waals surface area contributed by atoms with Gasteiger partial charge >= 0.3 is 0 Å². The van der Waals surface area contributed by atoms with Crippen LogP contribution in [0.3, 0.4) is 0 Å². The van der Waals surface area contributed by atoms with Crippen LogP contribution in [0.5, 0.6) is 5.75 Å². The first kappa shape index (κ1) is 12.5. The van der Waals surface area contributed by atoms with Gasteiger partial charge in [0.1, 0.15) is 11.6 Å². The van der Waals surface area contributed by atoms with Gasteiger partial charge < -0.3 is 10.5 Å². The summed E-state index contributed by atoms with van der Waals surface area (Å²) in [4.78, 5) is 0. The van der Waals surface area contributed by atoms with Crippen molar-refractivity contribution in [3.05, 3.63) is 27.5 Å². The first-order chi connectivity index (χ1) is 7.11. The number of rotatable bonds is 4. The van der Waals surface area contributed by atoms with Crippen LogP contribution >= 0.6 is 15.9 Å². The summed E-state index contributed by atoms with van der Waals surface area (Å²) in [6.45, 7) is 2.45. The number of nitrogens with two attached hydrogens (primary N) is 1. The summed E-state index contributed by atoms with van der Waals surface area (Å²) in [5.74, 6) is 0.384. The quantitative estimate of drug-likeness (QED) is 0.917. The van der Waals surface area contributed by atoms with Crippen molar-refractivity contribution >= 4 is 15.9 Å². The first-order valence-electron chi connectivity index (χ1n) is 4.83. The zero-order valence-corrected chi connectivity index (χ0v) is 10.5. The Balaban J connectivity index is 3.18. The van der Waals surface area contributed by atoms with Crippen LogP contribution in [0, 0.1) is 12.7 Å². The first-order valence-corrected chi connectivity index (χ1v) is 5.62. The molecule has 0 aliphatic heterocycles. The van der Waals surface area contributed by atoms with Gasteiger partial charge in [-0.05, 0) is 53.9 Å². The fraction of sp³-hybridized carbons (Fsp3) is 0.455. The van der Waals surface area contributed by atoms with Crippen LogP contribution < -0.4 is 10.5 Å². The van der Waals surface area contributed by atoms with Gasteiger partial charge in [0.2, 0.25) is 0 Å². The summed E-state index contributed by atoms with van der Waals surface area (Å²) in [6.07, 6.45) is 1.36. The number of halogens is 2. The molecule has 0 atom stereocenters. The molecule has 0 fully saturated rings. The van der Waals surface area contributed by atoms with E-state index in [0.29, 0.717) is 28.8 Å². The van der Waals surface area contributed by atoms with E-state index >= 15 is 0 Å². The Hall–Kier alpha value is -0.610. The Kier molecular flexibility index (Phi) is 4.54. The lowest BCUT2D eigenvalue weighted by atomic mass is 10.0. The van der Waals surface area contributed by atoms with Crippen molar-refractivity contribution in [1.82, 2.24) is 0 Å². The van der Waals surface area contributed by atoms with Crippen molar-refractivity contribution < 1.29 is 9.13 Å². The monoisotopic (exact) mass is 275 g/mol. The molecule has 0 aliphatic carbocycles. The highest BCUT2D eigenvalue weighted by Crippen LogP contribution is 2.32. The van der Waals surface area contributed by atoms with E-state index in [1.54, 1.807) is 13.2 Å². The van der Waals surface area contributed by atoms with Crippen LogP contribution in [0.15, 0.2) is 10.5 Å². The summed E-state index contributed by atoms with van der Waals surface area (Å²) < 4.78 is 19.5. The minimum atomic E-state index is -0.245. The van der Waals surface area contributed by atoms with Crippen molar-refractivity contribution in [2.75, 3.05) is 13.7 Å². The fourth-order valence-corrected chi connectivity index (χ4v) is 2.17. The van der Waals surface area contributed by atoms with Gasteiger partial charge in [0.05, 0.1) is 11.6 Å². The topological polar surface area (TPSA) is 35.2 Å². The third-order valence-corrected chi connectivity index (χ3v) is 2.86. The average Bonchev–Trinajstić information content (AvgIpc) is 2.21. The molecular weight excluding hydrogens is 261 g/mol. The lowest BCUT2D eigenvalue weighted by Crippen LogP contribution is -2.05. The number of benzene rings is 1. The van der Waals surface area contributed by atoms with Crippen molar-refractivity contribution in [2.24, 2.45) is 5.73 Å². The smallest absolute Gasteiger partial charge is 0.144 e. The van der Waals surface area contributed by atoms with Crippen LogP contribution in [0.1, 0.15) is 17.5 Å². The van der Waals surface area contributed by atoms with Crippen molar-refractivity contribution in [3.8, 4) is 5.75 Å². The molecule has 15 heavy (non-hydrogen) atoms. The largest absolute Gasteiger partial charge is 0.496 e. The third kappa shape index (κ3) is 2.69. The van der Waals surface area contributed by atoms with Gasteiger partial charge in [-0.1, -0.05) is 0 Å². The highest BCUT2D eigenvalue weighted by molar-refractivity contribution is 9.10. The molecule has 0 radical (unpaired) electrons. The van der Waals surface area contributed by atoms with Gasteiger partial charge in [0.15, 0.2) is 0 Å². The molecule has 4 heteroatoms. The van der Waals surface area contributed by atoms with Crippen LogP contribution in [0.2, 0.25) is 0 Å². The molecule has 0 amide bonds. The maximum absolute atomic E-state index is 13.8. The number of methoxy groups -OCH3 is 1. The van der Waals surface area contributed by atoms with Crippen LogP contribution in [0.4, 0.5) is 4.39 Å². The second-order valence-electron chi connectivity index (χ2n) is 3.39. The fourth-order valence-electron chi connectivity index (χ4n) is 1.59. The summed E-state index contributed by atoms with van der Waals surface area (Å²) in [7, 11) is 1.56. The molecule has 2 nitrogen and oxygen atoms in total. The summed E-state index contributed by atoms with van der Waals surface area (Å²) >= 11 is 3.19. The van der Waals surface area contributed by atoms with E-state index in [1.165, 1.54) is 0 Å². The molecule has 1 aromatic rings. The van der Waals surface area contributed by atoms with E-state index < -0.39 is 0 Å². The molecule has 1 aromatic carbocycles. The number of hydrogen-bond donors (Lipinski definition) is 1. The number of hydrogen-bond acceptors (Lipinski definition) is 2. The van der Waals surface area contributed by atoms with Gasteiger partial charge in [0.25, 0.3) is 0 Å². The molecule has 84 valence electrons. The van der Waals surface area contributed by atoms with Gasteiger partial charge in [-0.15, -0.1) is 0 Å². The lowest BCUT2D eigenvalue weighted by molar-refractivity contribution is 0.400. The van der Waals surface area contributed by atoms with E-state index in [4.69, 9.17) is 10.5 Å². The highest BCUT2D eigenvalue weighted by atomic mass is 79.9. The molecular formula is C11H15BrFNO. The summed E-state index contributed by atoms with van der Waals surface area (Å²) in [6, 6.07) is 1.72. The van der Waals surface area contributed by atoms with E-state index in [0.717, 1.165) is 12.0 Å². The Morgan fingerprint density at radius 1 is 1.53 bits per heavy atom. The van der Waals surface area contributed by atoms with Crippen molar-refractivity contribution in [2.45, 2.75) is 19.8 Å². The minimum absolute atomic E-state index is 0.245. The normalized spacial score (nSPS) is 10.5. The maximum Gasteiger partial charge on any atom is 0.144 e. The zero-order chi connectivity index (χ0) is 11.4. The molecule has 0 heterocycles. The van der Waals surface area contributed by atoms with Crippen molar-refractivity contribution in [3.63, 3.8) is 0 Å². The van der Waals surface area contributed by atoms with E-state index in [2.05, 4.69) is 15.9 Å². The molecule has 0 aromatic heterocycles. The number of aryl methyl sites for hydroxylation is 1. The predicted molar refractivity (Wildman–Crippen MR) is 62.8 cm³/mol. The number of ether oxygens (including phenoxy) is 1. The van der Waals surface area contributed by atoms with Gasteiger partial charge in [0, 0.05) is 5.56 Å². The molecule has 0 aliphatic rings. The second kappa shape index (κ2) is 5.47. The second-order valence-corrected chi connectivity index (χ2v) is 4.25. The van der Waals surface area contributed by atoms with Crippen LogP contribution in [-0.2, 0) is 6.42 Å². The molecule has 1 rings (SSSR count). The summed E-state index contributed by atoms with van der Waals surface area (Å²) in [5.41, 5.74) is 6.95. The Morgan fingerprint density at radius 3 is 2.73 bits per heavy atom. The van der Waals surface area contributed by atoms with Crippen molar-refractivity contribution in [1.29, 1.82) is 0 Å². The van der Waals surface area contributed by atoms with Gasteiger partial charge in [-0.3, -0.25) is 0 Å². The van der Waals surface area contributed by atoms with Gasteiger partial charge in [-0.25, -0.2) is 4.39 Å². The minimum Gasteiger partial charge on any atom is -0.496 e. The Labute approximate surface area is 97.7 Å². The summed E-state index contributed by atoms with van der Waals surface area (Å²) in [5, 5.41) is 0. The maximum atomic E-state index is 13.8. The molecule has 0 spiro atoms. The third-order valence-electron chi connectivity index (χ3n) is 2.29. The lowest BCUT2D eigenvalue weighted by Gasteiger charge is -2.13. The average molecular weight is 276 g/mol. The van der Waals surface area contributed by atoms with Crippen LogP contribution in [-0.4, -0.2) is 13.7 Å². The molecule has 0 unspecified atom stereocenters. The molecule has 0 saturated carbocycles. The van der Waals surface area contributed by atoms with E-state index in [1.807, 2.05) is 6.92 Å². The zero-order valence-electron chi connectivity index (χ0n) is 8.94. The SMILES string of the molecule is COc1c(C)cc(Br)c(F)c1CCCN. The Morgan fingerprint density at radius 2 is 2.20 bits per heavy atom. The van der Waals surface area contributed by atoms with E-state index in [9.17, 15) is 4.39 Å². The molecule has 0 saturated heterocycles. The Bertz CT molecular complexity index is 355. The highest BCUT2D eigenvalue weighted by Gasteiger charge is 2.15. The molecule has 0 bridgehead atoms. The van der Waals surface area contributed by atoms with Gasteiger partial charge in [-0.2, -0.15) is 0 Å². The predicted octanol–water partition coefficient (Wildman–Crippen LogP) is 2.80. The standard InChI is InChI=1S/C11H15BrFNO/c1-7-6-9(12)10(13)8(4-3-5-14)11(7)15-2/h6H,3-5,14H2,1-2H3. The molecule has 2 N–H and O–H groups in total. The van der Waals surface area contributed by atoms with E-state index in [-0.39, 0.29) is 5.82 Å².